The van der Waals surface area contributed by atoms with Crippen molar-refractivity contribution in [1.29, 1.82) is 0 Å². The van der Waals surface area contributed by atoms with Gasteiger partial charge in [-0.25, -0.2) is 8.42 Å². The molecule has 6 nitrogen and oxygen atoms in total. The Morgan fingerprint density at radius 2 is 1.74 bits per heavy atom. The van der Waals surface area contributed by atoms with E-state index >= 15 is 0 Å². The molecule has 1 unspecified atom stereocenters. The summed E-state index contributed by atoms with van der Waals surface area (Å²) in [5.74, 6) is -5.42. The Morgan fingerprint density at radius 3 is 2.29 bits per heavy atom. The number of aromatic nitrogens is 4. The number of hydrogen-bond donors (Lipinski definition) is 0. The zero-order valence-corrected chi connectivity index (χ0v) is 19.0. The molecule has 0 saturated heterocycles. The molecule has 1 atom stereocenters. The first-order chi connectivity index (χ1) is 15.9. The van der Waals surface area contributed by atoms with Crippen LogP contribution in [-0.4, -0.2) is 46.0 Å². The van der Waals surface area contributed by atoms with E-state index in [0.717, 1.165) is 12.8 Å². The highest BCUT2D eigenvalue weighted by Gasteiger charge is 2.62. The number of sulfone groups is 1. The summed E-state index contributed by atoms with van der Waals surface area (Å²) in [6.07, 6.45) is -1.53. The van der Waals surface area contributed by atoms with Gasteiger partial charge in [0.05, 0.1) is 10.6 Å². The lowest BCUT2D eigenvalue weighted by Crippen LogP contribution is -2.43. The topological polar surface area (TPSA) is 77.7 Å². The second-order valence-corrected chi connectivity index (χ2v) is 10.5. The van der Waals surface area contributed by atoms with Crippen LogP contribution in [0.25, 0.3) is 22.6 Å². The summed E-state index contributed by atoms with van der Waals surface area (Å²) in [6, 6.07) is 6.46. The van der Waals surface area contributed by atoms with E-state index in [9.17, 15) is 30.4 Å². The molecule has 1 fully saturated rings. The van der Waals surface area contributed by atoms with Crippen molar-refractivity contribution in [2.24, 2.45) is 0 Å². The van der Waals surface area contributed by atoms with Gasteiger partial charge in [0.2, 0.25) is 0 Å². The van der Waals surface area contributed by atoms with Gasteiger partial charge in [0.15, 0.2) is 15.7 Å². The Labute approximate surface area is 192 Å². The molecule has 0 amide bonds. The number of pyridine rings is 1. The molecule has 4 rings (SSSR count). The molecule has 2 aromatic heterocycles. The molecular weight excluding hydrogens is 479 g/mol. The molecule has 0 aliphatic heterocycles. The van der Waals surface area contributed by atoms with Gasteiger partial charge in [-0.15, -0.1) is 10.2 Å². The maximum Gasteiger partial charge on any atom is 0.455 e. The van der Waals surface area contributed by atoms with Crippen LogP contribution in [0, 0.1) is 0 Å². The minimum Gasteiger partial charge on any atom is -0.303 e. The molecule has 182 valence electrons. The molecule has 12 heteroatoms. The number of alkyl halides is 5. The van der Waals surface area contributed by atoms with Crippen molar-refractivity contribution in [2.45, 2.75) is 55.6 Å². The lowest BCUT2D eigenvalue weighted by molar-refractivity contribution is -0.296. The third-order valence-electron chi connectivity index (χ3n) is 5.97. The summed E-state index contributed by atoms with van der Waals surface area (Å²) in [7, 11) is -3.96. The van der Waals surface area contributed by atoms with Crippen molar-refractivity contribution in [3.05, 3.63) is 48.4 Å². The first kappa shape index (κ1) is 24.2. The first-order valence-electron chi connectivity index (χ1n) is 10.5. The molecule has 0 spiro atoms. The zero-order chi connectivity index (χ0) is 24.9. The second kappa shape index (κ2) is 8.40. The van der Waals surface area contributed by atoms with Crippen molar-refractivity contribution in [1.82, 2.24) is 19.7 Å². The van der Waals surface area contributed by atoms with Gasteiger partial charge < -0.3 is 4.57 Å². The van der Waals surface area contributed by atoms with Gasteiger partial charge in [-0.1, -0.05) is 31.2 Å². The van der Waals surface area contributed by atoms with Gasteiger partial charge in [0, 0.05) is 11.8 Å². The van der Waals surface area contributed by atoms with E-state index in [2.05, 4.69) is 15.2 Å². The normalized spacial score (nSPS) is 16.0. The highest BCUT2D eigenvalue weighted by Crippen LogP contribution is 2.45. The SMILES string of the molecule is CCS(=O)(=O)c1cc(-c2ccc(C3CC3)cc2)cnc1-c1nncn1C(C)C(F)(F)C(F)(F)F. The fourth-order valence-corrected chi connectivity index (χ4v) is 4.69. The lowest BCUT2D eigenvalue weighted by Gasteiger charge is -2.27. The summed E-state index contributed by atoms with van der Waals surface area (Å²) >= 11 is 0. The summed E-state index contributed by atoms with van der Waals surface area (Å²) < 4.78 is 93.1. The van der Waals surface area contributed by atoms with E-state index in [0.29, 0.717) is 34.9 Å². The average molecular weight is 500 g/mol. The monoisotopic (exact) mass is 500 g/mol. The van der Waals surface area contributed by atoms with Gasteiger partial charge in [0.25, 0.3) is 0 Å². The van der Waals surface area contributed by atoms with Crippen molar-refractivity contribution >= 4 is 9.84 Å². The first-order valence-corrected chi connectivity index (χ1v) is 12.2. The minimum absolute atomic E-state index is 0.324. The molecule has 1 aliphatic carbocycles. The summed E-state index contributed by atoms with van der Waals surface area (Å²) in [5, 5.41) is 7.09. The van der Waals surface area contributed by atoms with Crippen LogP contribution < -0.4 is 0 Å². The maximum absolute atomic E-state index is 14.0. The van der Waals surface area contributed by atoms with Gasteiger partial charge in [-0.2, -0.15) is 22.0 Å². The Hall–Kier alpha value is -2.89. The number of halogens is 5. The highest BCUT2D eigenvalue weighted by atomic mass is 32.2. The van der Waals surface area contributed by atoms with E-state index in [1.807, 2.05) is 24.3 Å². The summed E-state index contributed by atoms with van der Waals surface area (Å²) in [6.45, 7) is 2.05. The van der Waals surface area contributed by atoms with Crippen molar-refractivity contribution in [3.8, 4) is 22.6 Å². The number of hydrogen-bond acceptors (Lipinski definition) is 5. The Morgan fingerprint density at radius 1 is 1.09 bits per heavy atom. The van der Waals surface area contributed by atoms with E-state index in [-0.39, 0.29) is 16.3 Å². The van der Waals surface area contributed by atoms with Crippen LogP contribution in [0.5, 0.6) is 0 Å². The molecule has 1 aromatic carbocycles. The minimum atomic E-state index is -5.82. The highest BCUT2D eigenvalue weighted by molar-refractivity contribution is 7.91. The van der Waals surface area contributed by atoms with Gasteiger partial charge in [-0.05, 0) is 42.9 Å². The van der Waals surface area contributed by atoms with Crippen LogP contribution in [-0.2, 0) is 9.84 Å². The quantitative estimate of drug-likeness (QED) is 0.404. The fraction of sp³-hybridized carbons (Fsp3) is 0.409. The summed E-state index contributed by atoms with van der Waals surface area (Å²) in [5.41, 5.74) is 1.98. The van der Waals surface area contributed by atoms with Gasteiger partial charge in [0.1, 0.15) is 18.1 Å². The van der Waals surface area contributed by atoms with Crippen molar-refractivity contribution in [3.63, 3.8) is 0 Å². The Bertz CT molecular complexity index is 1300. The van der Waals surface area contributed by atoms with Crippen LogP contribution in [0.4, 0.5) is 22.0 Å². The molecule has 3 aromatic rings. The van der Waals surface area contributed by atoms with E-state index in [1.165, 1.54) is 24.8 Å². The van der Waals surface area contributed by atoms with Crippen LogP contribution >= 0.6 is 0 Å². The smallest absolute Gasteiger partial charge is 0.303 e. The standard InChI is InChI=1S/C22H21F5N4O2S/c1-3-34(32,33)18-10-17(16-8-6-15(7-9-16)14-4-5-14)11-28-19(18)20-30-29-12-31(20)13(2)21(23,24)22(25,26)27/h6-14H,3-5H2,1-2H3. The summed E-state index contributed by atoms with van der Waals surface area (Å²) in [4.78, 5) is 3.82. The number of rotatable bonds is 7. The third kappa shape index (κ3) is 4.30. The van der Waals surface area contributed by atoms with Crippen molar-refractivity contribution < 1.29 is 30.4 Å². The molecule has 0 bridgehead atoms. The molecule has 1 saturated carbocycles. The van der Waals surface area contributed by atoms with Crippen LogP contribution in [0.2, 0.25) is 0 Å². The molecule has 34 heavy (non-hydrogen) atoms. The maximum atomic E-state index is 14.0. The predicted molar refractivity (Wildman–Crippen MR) is 114 cm³/mol. The van der Waals surface area contributed by atoms with E-state index < -0.39 is 33.8 Å². The predicted octanol–water partition coefficient (Wildman–Crippen LogP) is 5.44. The Kier molecular flexibility index (Phi) is 5.99. The number of benzene rings is 1. The van der Waals surface area contributed by atoms with Crippen LogP contribution in [0.15, 0.2) is 47.8 Å². The molecule has 0 radical (unpaired) electrons. The van der Waals surface area contributed by atoms with Crippen molar-refractivity contribution in [2.75, 3.05) is 5.75 Å². The molecule has 0 N–H and O–H groups in total. The average Bonchev–Trinajstić information content (AvgIpc) is 3.54. The number of nitrogens with zero attached hydrogens (tertiary/aromatic N) is 4. The van der Waals surface area contributed by atoms with Crippen LogP contribution in [0.3, 0.4) is 0 Å². The molecular formula is C22H21F5N4O2S. The second-order valence-electron chi connectivity index (χ2n) is 8.23. The Balaban J connectivity index is 1.81. The fourth-order valence-electron chi connectivity index (χ4n) is 3.63. The van der Waals surface area contributed by atoms with Crippen LogP contribution in [0.1, 0.15) is 44.2 Å². The lowest BCUT2D eigenvalue weighted by atomic mass is 10.0. The van der Waals surface area contributed by atoms with E-state index in [4.69, 9.17) is 0 Å². The largest absolute Gasteiger partial charge is 0.455 e. The van der Waals surface area contributed by atoms with Gasteiger partial charge in [-0.3, -0.25) is 4.98 Å². The molecule has 2 heterocycles. The third-order valence-corrected chi connectivity index (χ3v) is 7.71. The van der Waals surface area contributed by atoms with E-state index in [1.54, 1.807) is 0 Å². The van der Waals surface area contributed by atoms with Gasteiger partial charge >= 0.3 is 12.1 Å². The zero-order valence-electron chi connectivity index (χ0n) is 18.2. The molecule has 1 aliphatic rings.